The van der Waals surface area contributed by atoms with E-state index in [2.05, 4.69) is 37.4 Å². The highest BCUT2D eigenvalue weighted by molar-refractivity contribution is 7.10. The molecule has 2 heterocycles. The zero-order chi connectivity index (χ0) is 13.2. The monoisotopic (exact) mass is 273 g/mol. The summed E-state index contributed by atoms with van der Waals surface area (Å²) in [6.45, 7) is 2.83. The molecule has 5 nitrogen and oxygen atoms in total. The summed E-state index contributed by atoms with van der Waals surface area (Å²) >= 11 is 1.38. The van der Waals surface area contributed by atoms with Gasteiger partial charge in [0.2, 0.25) is 0 Å². The summed E-state index contributed by atoms with van der Waals surface area (Å²) in [4.78, 5) is 4.66. The topological polar surface area (TPSA) is 55.6 Å². The van der Waals surface area contributed by atoms with Gasteiger partial charge in [0.25, 0.3) is 0 Å². The normalized spacial score (nSPS) is 11.1. The summed E-state index contributed by atoms with van der Waals surface area (Å²) < 4.78 is 6.22. The summed E-state index contributed by atoms with van der Waals surface area (Å²) in [5.74, 6) is 1.08. The molecule has 0 aliphatic heterocycles. The highest BCUT2D eigenvalue weighted by atomic mass is 32.1. The molecule has 0 atom stereocenters. The second-order valence-electron chi connectivity index (χ2n) is 4.26. The number of anilines is 1. The molecule has 0 aliphatic rings. The maximum Gasteiger partial charge on any atom is 0.134 e. The summed E-state index contributed by atoms with van der Waals surface area (Å²) in [5, 5.41) is 8.35. The van der Waals surface area contributed by atoms with Crippen molar-refractivity contribution < 1.29 is 0 Å². The first-order valence-corrected chi connectivity index (χ1v) is 7.04. The zero-order valence-corrected chi connectivity index (χ0v) is 11.7. The molecule has 3 rings (SSSR count). The molecule has 0 fully saturated rings. The number of aryl methyl sites for hydroxylation is 1. The Morgan fingerprint density at radius 2 is 2.16 bits per heavy atom. The number of rotatable bonds is 4. The van der Waals surface area contributed by atoms with Gasteiger partial charge in [-0.15, -0.1) is 5.10 Å². The van der Waals surface area contributed by atoms with Gasteiger partial charge in [-0.05, 0) is 12.1 Å². The van der Waals surface area contributed by atoms with Crippen molar-refractivity contribution in [1.82, 2.24) is 19.1 Å². The summed E-state index contributed by atoms with van der Waals surface area (Å²) in [7, 11) is 1.89. The molecule has 0 bridgehead atoms. The zero-order valence-electron chi connectivity index (χ0n) is 10.9. The highest BCUT2D eigenvalue weighted by Gasteiger charge is 2.13. The van der Waals surface area contributed by atoms with Crippen LogP contribution in [0.4, 0.5) is 5.00 Å². The fourth-order valence-electron chi connectivity index (χ4n) is 2.22. The molecule has 0 radical (unpaired) electrons. The van der Waals surface area contributed by atoms with E-state index in [0.717, 1.165) is 34.0 Å². The van der Waals surface area contributed by atoms with Crippen molar-refractivity contribution in [3.05, 3.63) is 35.8 Å². The minimum atomic E-state index is 0.705. The van der Waals surface area contributed by atoms with E-state index in [1.165, 1.54) is 11.5 Å². The maximum atomic E-state index is 4.66. The van der Waals surface area contributed by atoms with E-state index in [-0.39, 0.29) is 0 Å². The van der Waals surface area contributed by atoms with E-state index in [1.807, 2.05) is 25.2 Å². The van der Waals surface area contributed by atoms with Gasteiger partial charge in [0, 0.05) is 25.0 Å². The lowest BCUT2D eigenvalue weighted by molar-refractivity contribution is 0.734. The Morgan fingerprint density at radius 1 is 1.32 bits per heavy atom. The van der Waals surface area contributed by atoms with Gasteiger partial charge in [-0.25, -0.2) is 4.98 Å². The molecule has 0 aliphatic carbocycles. The predicted octanol–water partition coefficient (Wildman–Crippen LogP) is 2.54. The van der Waals surface area contributed by atoms with E-state index in [1.54, 1.807) is 0 Å². The number of nitrogens with zero attached hydrogens (tertiary/aromatic N) is 4. The molecule has 2 aromatic heterocycles. The van der Waals surface area contributed by atoms with Crippen LogP contribution in [0.2, 0.25) is 0 Å². The Hall–Kier alpha value is -1.95. The van der Waals surface area contributed by atoms with Gasteiger partial charge in [-0.2, -0.15) is 0 Å². The van der Waals surface area contributed by atoms with Crippen LogP contribution in [0.25, 0.3) is 11.0 Å². The Labute approximate surface area is 115 Å². The molecule has 98 valence electrons. The second-order valence-corrected chi connectivity index (χ2v) is 5.01. The smallest absolute Gasteiger partial charge is 0.134 e. The number of nitrogens with one attached hydrogen (secondary N) is 1. The van der Waals surface area contributed by atoms with Gasteiger partial charge in [-0.3, -0.25) is 0 Å². The van der Waals surface area contributed by atoms with Crippen molar-refractivity contribution in [2.45, 2.75) is 19.9 Å². The standard InChI is InChI=1S/C13H15N5S/c1-3-12-15-9-6-4-5-7-11(9)18(12)8-10-13(14-2)19-17-16-10/h4-7,14H,3,8H2,1-2H3. The molecule has 0 spiro atoms. The highest BCUT2D eigenvalue weighted by Crippen LogP contribution is 2.22. The van der Waals surface area contributed by atoms with E-state index in [4.69, 9.17) is 0 Å². The number of hydrogen-bond donors (Lipinski definition) is 1. The van der Waals surface area contributed by atoms with Crippen LogP contribution < -0.4 is 5.32 Å². The molecule has 0 unspecified atom stereocenters. The first-order chi connectivity index (χ1) is 9.33. The Morgan fingerprint density at radius 3 is 2.95 bits per heavy atom. The number of fused-ring (bicyclic) bond motifs is 1. The van der Waals surface area contributed by atoms with Crippen LogP contribution in [0, 0.1) is 0 Å². The summed E-state index contributed by atoms with van der Waals surface area (Å²) in [6.07, 6.45) is 0.904. The molecule has 0 saturated carbocycles. The van der Waals surface area contributed by atoms with Crippen molar-refractivity contribution in [3.8, 4) is 0 Å². The summed E-state index contributed by atoms with van der Waals surface area (Å²) in [6, 6.07) is 8.20. The van der Waals surface area contributed by atoms with E-state index >= 15 is 0 Å². The number of imidazole rings is 1. The summed E-state index contributed by atoms with van der Waals surface area (Å²) in [5.41, 5.74) is 3.15. The molecule has 19 heavy (non-hydrogen) atoms. The van der Waals surface area contributed by atoms with Crippen molar-refractivity contribution in [1.29, 1.82) is 0 Å². The van der Waals surface area contributed by atoms with E-state index in [0.29, 0.717) is 6.54 Å². The van der Waals surface area contributed by atoms with Crippen molar-refractivity contribution in [3.63, 3.8) is 0 Å². The third-order valence-electron chi connectivity index (χ3n) is 3.14. The van der Waals surface area contributed by atoms with Crippen LogP contribution in [0.5, 0.6) is 0 Å². The van der Waals surface area contributed by atoms with Gasteiger partial charge in [-0.1, -0.05) is 23.5 Å². The van der Waals surface area contributed by atoms with Crippen LogP contribution in [0.1, 0.15) is 18.4 Å². The SMILES string of the molecule is CCc1nc2ccccc2n1Cc1nnsc1NC. The Kier molecular flexibility index (Phi) is 3.16. The van der Waals surface area contributed by atoms with Crippen LogP contribution in [-0.2, 0) is 13.0 Å². The van der Waals surface area contributed by atoms with Gasteiger partial charge >= 0.3 is 0 Å². The Bertz CT molecular complexity index is 700. The lowest BCUT2D eigenvalue weighted by Crippen LogP contribution is -2.06. The average Bonchev–Trinajstić information content (AvgIpc) is 3.04. The lowest BCUT2D eigenvalue weighted by Gasteiger charge is -2.07. The quantitative estimate of drug-likeness (QED) is 0.793. The number of benzene rings is 1. The molecule has 0 saturated heterocycles. The van der Waals surface area contributed by atoms with Crippen LogP contribution in [0.3, 0.4) is 0 Å². The predicted molar refractivity (Wildman–Crippen MR) is 77.7 cm³/mol. The largest absolute Gasteiger partial charge is 0.377 e. The third kappa shape index (κ3) is 2.08. The van der Waals surface area contributed by atoms with Gasteiger partial charge in [0.15, 0.2) is 0 Å². The molecule has 1 N–H and O–H groups in total. The van der Waals surface area contributed by atoms with Gasteiger partial charge in [0.05, 0.1) is 17.6 Å². The van der Waals surface area contributed by atoms with Crippen LogP contribution in [-0.4, -0.2) is 26.2 Å². The fraction of sp³-hybridized carbons (Fsp3) is 0.308. The molecule has 6 heteroatoms. The van der Waals surface area contributed by atoms with Crippen molar-refractivity contribution in [2.75, 3.05) is 12.4 Å². The molecule has 3 aromatic rings. The van der Waals surface area contributed by atoms with E-state index < -0.39 is 0 Å². The minimum absolute atomic E-state index is 0.705. The van der Waals surface area contributed by atoms with Crippen LogP contribution in [0.15, 0.2) is 24.3 Å². The van der Waals surface area contributed by atoms with E-state index in [9.17, 15) is 0 Å². The third-order valence-corrected chi connectivity index (χ3v) is 3.93. The number of para-hydroxylation sites is 2. The van der Waals surface area contributed by atoms with Gasteiger partial charge in [0.1, 0.15) is 16.5 Å². The fourth-order valence-corrected chi connectivity index (χ4v) is 2.75. The first kappa shape index (κ1) is 12.1. The maximum absolute atomic E-state index is 4.66. The lowest BCUT2D eigenvalue weighted by atomic mass is 10.3. The van der Waals surface area contributed by atoms with Gasteiger partial charge < -0.3 is 9.88 Å². The van der Waals surface area contributed by atoms with Crippen LogP contribution >= 0.6 is 11.5 Å². The number of hydrogen-bond acceptors (Lipinski definition) is 5. The molecule has 1 aromatic carbocycles. The average molecular weight is 273 g/mol. The van der Waals surface area contributed by atoms with Crippen molar-refractivity contribution >= 4 is 27.6 Å². The molecular formula is C13H15N5S. The van der Waals surface area contributed by atoms with Crippen molar-refractivity contribution in [2.24, 2.45) is 0 Å². The number of aromatic nitrogens is 4. The Balaban J connectivity index is 2.09. The molecular weight excluding hydrogens is 258 g/mol. The minimum Gasteiger partial charge on any atom is -0.377 e. The second kappa shape index (κ2) is 4.97. The first-order valence-electron chi connectivity index (χ1n) is 6.26. The molecule has 0 amide bonds.